The maximum Gasteiger partial charge on any atom is 0.416 e. The second kappa shape index (κ2) is 9.38. The van der Waals surface area contributed by atoms with Crippen molar-refractivity contribution in [1.29, 1.82) is 0 Å². The van der Waals surface area contributed by atoms with Crippen LogP contribution in [0.15, 0.2) is 36.4 Å². The minimum absolute atomic E-state index is 0.106. The van der Waals surface area contributed by atoms with Crippen molar-refractivity contribution in [2.75, 3.05) is 26.3 Å². The largest absolute Gasteiger partial charge is 0.416 e. The highest BCUT2D eigenvalue weighted by atomic mass is 35.5. The zero-order valence-corrected chi connectivity index (χ0v) is 18.0. The quantitative estimate of drug-likeness (QED) is 0.499. The van der Waals surface area contributed by atoms with Crippen LogP contribution < -0.4 is 0 Å². The van der Waals surface area contributed by atoms with Crippen molar-refractivity contribution in [3.63, 3.8) is 0 Å². The Morgan fingerprint density at radius 2 is 1.56 bits per heavy atom. The maximum absolute atomic E-state index is 13.2. The molecule has 2 aromatic carbocycles. The van der Waals surface area contributed by atoms with Crippen LogP contribution in [0.4, 0.5) is 26.3 Å². The zero-order valence-electron chi connectivity index (χ0n) is 16.5. The van der Waals surface area contributed by atoms with Crippen molar-refractivity contribution in [2.24, 2.45) is 0 Å². The van der Waals surface area contributed by atoms with Crippen LogP contribution in [0.5, 0.6) is 0 Å². The van der Waals surface area contributed by atoms with Crippen molar-refractivity contribution in [1.82, 2.24) is 4.90 Å². The van der Waals surface area contributed by atoms with Crippen LogP contribution >= 0.6 is 23.2 Å². The van der Waals surface area contributed by atoms with E-state index in [1.807, 2.05) is 0 Å². The topological polar surface area (TPSA) is 32.7 Å². The Kier molecular flexibility index (Phi) is 7.36. The molecule has 0 radical (unpaired) electrons. The van der Waals surface area contributed by atoms with Gasteiger partial charge < -0.3 is 9.84 Å². The van der Waals surface area contributed by atoms with Crippen molar-refractivity contribution in [3.05, 3.63) is 68.7 Å². The lowest BCUT2D eigenvalue weighted by Crippen LogP contribution is -2.50. The lowest BCUT2D eigenvalue weighted by Gasteiger charge is -2.43. The summed E-state index contributed by atoms with van der Waals surface area (Å²) >= 11 is 12.1. The van der Waals surface area contributed by atoms with Crippen LogP contribution in [0.25, 0.3) is 0 Å². The van der Waals surface area contributed by atoms with Gasteiger partial charge in [0.15, 0.2) is 0 Å². The van der Waals surface area contributed by atoms with Gasteiger partial charge in [-0.1, -0.05) is 29.3 Å². The number of benzene rings is 2. The monoisotopic (exact) mass is 501 g/mol. The van der Waals surface area contributed by atoms with E-state index >= 15 is 0 Å². The Balaban J connectivity index is 1.93. The molecule has 1 aliphatic rings. The summed E-state index contributed by atoms with van der Waals surface area (Å²) in [7, 11) is 0. The molecule has 0 saturated carbocycles. The van der Waals surface area contributed by atoms with Crippen molar-refractivity contribution in [2.45, 2.75) is 30.9 Å². The van der Waals surface area contributed by atoms with Crippen LogP contribution in [0.1, 0.15) is 28.7 Å². The second-order valence-electron chi connectivity index (χ2n) is 7.57. The van der Waals surface area contributed by atoms with Crippen LogP contribution in [-0.2, 0) is 29.2 Å². The zero-order chi connectivity index (χ0) is 23.7. The number of aliphatic hydroxyl groups excluding tert-OH is 1. The van der Waals surface area contributed by atoms with Gasteiger partial charge in [0.05, 0.1) is 27.8 Å². The Morgan fingerprint density at radius 3 is 2.09 bits per heavy atom. The molecule has 1 unspecified atom stereocenters. The number of morpholine rings is 1. The third-order valence-corrected chi connectivity index (χ3v) is 6.02. The SMILES string of the molecule is OCCC1(c2ccc(Cl)c(Cl)c2)CN(Cc2cc(C(F)(F)F)cc(C(F)(F)F)c2)CCO1. The molecule has 0 aromatic heterocycles. The molecule has 3 nitrogen and oxygen atoms in total. The molecule has 3 rings (SSSR count). The molecule has 1 fully saturated rings. The molecule has 1 aliphatic heterocycles. The Labute approximate surface area is 190 Å². The molecule has 32 heavy (non-hydrogen) atoms. The highest BCUT2D eigenvalue weighted by Gasteiger charge is 2.40. The Hall–Kier alpha value is -1.52. The predicted octanol–water partition coefficient (Wildman–Crippen LogP) is 6.14. The lowest BCUT2D eigenvalue weighted by atomic mass is 9.88. The first kappa shape index (κ1) is 25.1. The summed E-state index contributed by atoms with van der Waals surface area (Å²) in [5, 5.41) is 10.2. The van der Waals surface area contributed by atoms with Gasteiger partial charge in [-0.25, -0.2) is 0 Å². The minimum Gasteiger partial charge on any atom is -0.396 e. The van der Waals surface area contributed by atoms with E-state index in [4.69, 9.17) is 27.9 Å². The van der Waals surface area contributed by atoms with Crippen LogP contribution in [-0.4, -0.2) is 36.3 Å². The molecular weight excluding hydrogens is 483 g/mol. The molecule has 1 atom stereocenters. The smallest absolute Gasteiger partial charge is 0.396 e. The summed E-state index contributed by atoms with van der Waals surface area (Å²) in [4.78, 5) is 1.69. The summed E-state index contributed by atoms with van der Waals surface area (Å²) in [6.07, 6.45) is -9.68. The van der Waals surface area contributed by atoms with Gasteiger partial charge in [-0.05, 0) is 41.5 Å². The maximum atomic E-state index is 13.2. The standard InChI is InChI=1S/C21H19Cl2F6NO2/c22-17-2-1-14(10-18(17)23)19(3-5-31)12-30(4-6-32-19)11-13-7-15(20(24,25)26)9-16(8-13)21(27,28)29/h1-2,7-10,31H,3-6,11-12H2. The Bertz CT molecular complexity index is 930. The summed E-state index contributed by atoms with van der Waals surface area (Å²) in [6, 6.07) is 6.35. The highest BCUT2D eigenvalue weighted by molar-refractivity contribution is 6.42. The van der Waals surface area contributed by atoms with E-state index < -0.39 is 29.1 Å². The molecule has 0 bridgehead atoms. The van der Waals surface area contributed by atoms with E-state index in [2.05, 4.69) is 0 Å². The fraction of sp³-hybridized carbons (Fsp3) is 0.429. The third kappa shape index (κ3) is 5.69. The van der Waals surface area contributed by atoms with E-state index in [1.165, 1.54) is 0 Å². The van der Waals surface area contributed by atoms with E-state index in [9.17, 15) is 31.4 Å². The number of halogens is 8. The summed E-state index contributed by atoms with van der Waals surface area (Å²) in [5.74, 6) is 0. The molecule has 176 valence electrons. The number of aliphatic hydroxyl groups is 1. The average Bonchev–Trinajstić information content (AvgIpc) is 2.69. The van der Waals surface area contributed by atoms with E-state index in [-0.39, 0.29) is 55.9 Å². The molecule has 11 heteroatoms. The van der Waals surface area contributed by atoms with Gasteiger partial charge in [0.2, 0.25) is 0 Å². The lowest BCUT2D eigenvalue weighted by molar-refractivity contribution is -0.143. The van der Waals surface area contributed by atoms with Gasteiger partial charge in [-0.15, -0.1) is 0 Å². The summed E-state index contributed by atoms with van der Waals surface area (Å²) in [5.41, 5.74) is -3.29. The molecule has 1 heterocycles. The van der Waals surface area contributed by atoms with Crippen LogP contribution in [0.3, 0.4) is 0 Å². The van der Waals surface area contributed by atoms with Gasteiger partial charge in [0, 0.05) is 32.7 Å². The number of nitrogens with zero attached hydrogens (tertiary/aromatic N) is 1. The van der Waals surface area contributed by atoms with Gasteiger partial charge >= 0.3 is 12.4 Å². The van der Waals surface area contributed by atoms with E-state index in [1.54, 1.807) is 23.1 Å². The Morgan fingerprint density at radius 1 is 0.938 bits per heavy atom. The second-order valence-corrected chi connectivity index (χ2v) is 8.38. The van der Waals surface area contributed by atoms with Crippen molar-refractivity contribution >= 4 is 23.2 Å². The van der Waals surface area contributed by atoms with Crippen LogP contribution in [0, 0.1) is 0 Å². The average molecular weight is 502 g/mol. The molecule has 0 spiro atoms. The molecular formula is C21H19Cl2F6NO2. The molecule has 2 aromatic rings. The first-order valence-electron chi connectivity index (χ1n) is 9.55. The third-order valence-electron chi connectivity index (χ3n) is 5.28. The fourth-order valence-corrected chi connectivity index (χ4v) is 4.09. The van der Waals surface area contributed by atoms with Gasteiger partial charge in [-0.2, -0.15) is 26.3 Å². The molecule has 0 amide bonds. The number of alkyl halides is 6. The highest BCUT2D eigenvalue weighted by Crippen LogP contribution is 2.39. The van der Waals surface area contributed by atoms with E-state index in [0.717, 1.165) is 12.1 Å². The van der Waals surface area contributed by atoms with Gasteiger partial charge in [0.25, 0.3) is 0 Å². The number of ether oxygens (including phenoxy) is 1. The van der Waals surface area contributed by atoms with E-state index in [0.29, 0.717) is 10.6 Å². The van der Waals surface area contributed by atoms with Gasteiger partial charge in [-0.3, -0.25) is 4.90 Å². The molecule has 1 N–H and O–H groups in total. The number of hydrogen-bond acceptors (Lipinski definition) is 3. The summed E-state index contributed by atoms with van der Waals surface area (Å²) in [6.45, 7) is 0.154. The fourth-order valence-electron chi connectivity index (χ4n) is 3.79. The first-order valence-corrected chi connectivity index (χ1v) is 10.3. The molecule has 0 aliphatic carbocycles. The summed E-state index contributed by atoms with van der Waals surface area (Å²) < 4.78 is 85.0. The van der Waals surface area contributed by atoms with Gasteiger partial charge in [0.1, 0.15) is 5.60 Å². The molecule has 1 saturated heterocycles. The predicted molar refractivity (Wildman–Crippen MR) is 108 cm³/mol. The number of hydrogen-bond donors (Lipinski definition) is 1. The number of rotatable bonds is 5. The normalized spacial score (nSPS) is 20.5. The minimum atomic E-state index is -4.91. The van der Waals surface area contributed by atoms with Crippen molar-refractivity contribution < 1.29 is 36.2 Å². The first-order chi connectivity index (χ1) is 14.8. The van der Waals surface area contributed by atoms with Crippen LogP contribution in [0.2, 0.25) is 10.0 Å². The van der Waals surface area contributed by atoms with Crippen molar-refractivity contribution in [3.8, 4) is 0 Å².